The lowest BCUT2D eigenvalue weighted by molar-refractivity contribution is -0.137. The fourth-order valence-corrected chi connectivity index (χ4v) is 2.14. The summed E-state index contributed by atoms with van der Waals surface area (Å²) in [6.07, 6.45) is -4.49. The van der Waals surface area contributed by atoms with E-state index >= 15 is 0 Å². The molecule has 0 heterocycles. The largest absolute Gasteiger partial charge is 0.416 e. The highest BCUT2D eigenvalue weighted by Crippen LogP contribution is 2.30. The maximum absolute atomic E-state index is 13.7. The van der Waals surface area contributed by atoms with Gasteiger partial charge in [-0.05, 0) is 40.2 Å². The molecule has 0 spiro atoms. The van der Waals surface area contributed by atoms with Crippen molar-refractivity contribution < 1.29 is 22.4 Å². The summed E-state index contributed by atoms with van der Waals surface area (Å²) in [6, 6.07) is 5.69. The molecule has 0 unspecified atom stereocenters. The van der Waals surface area contributed by atoms with Gasteiger partial charge in [-0.1, -0.05) is 23.7 Å². The number of rotatable bonds is 2. The quantitative estimate of drug-likeness (QED) is 0.382. The van der Waals surface area contributed by atoms with Crippen molar-refractivity contribution in [3.8, 4) is 0 Å². The van der Waals surface area contributed by atoms with Gasteiger partial charge in [0.05, 0.1) is 16.1 Å². The van der Waals surface area contributed by atoms with Gasteiger partial charge in [-0.25, -0.2) is 4.39 Å². The van der Waals surface area contributed by atoms with Gasteiger partial charge in [0.2, 0.25) is 0 Å². The van der Waals surface area contributed by atoms with Crippen molar-refractivity contribution in [2.75, 3.05) is 0 Å². The first-order chi connectivity index (χ1) is 9.70. The molecule has 0 aliphatic rings. The Morgan fingerprint density at radius 2 is 1.67 bits per heavy atom. The fourth-order valence-electron chi connectivity index (χ4n) is 1.66. The minimum Gasteiger partial charge on any atom is -0.288 e. The van der Waals surface area contributed by atoms with Gasteiger partial charge in [-0.15, -0.1) is 0 Å². The van der Waals surface area contributed by atoms with Crippen LogP contribution in [0.5, 0.6) is 0 Å². The third kappa shape index (κ3) is 3.44. The van der Waals surface area contributed by atoms with E-state index in [1.54, 1.807) is 0 Å². The SMILES string of the molecule is O=C(c1ccc(C(F)(F)F)cc1)c1cc(Cl)c(Br)cc1F. The third-order valence-corrected chi connectivity index (χ3v) is 3.93. The summed E-state index contributed by atoms with van der Waals surface area (Å²) >= 11 is 8.80. The van der Waals surface area contributed by atoms with E-state index in [1.165, 1.54) is 0 Å². The van der Waals surface area contributed by atoms with Gasteiger partial charge in [-0.2, -0.15) is 13.2 Å². The van der Waals surface area contributed by atoms with Crippen LogP contribution in [0, 0.1) is 5.82 Å². The predicted octanol–water partition coefficient (Wildman–Crippen LogP) is 5.49. The van der Waals surface area contributed by atoms with Gasteiger partial charge in [0.1, 0.15) is 5.82 Å². The topological polar surface area (TPSA) is 17.1 Å². The van der Waals surface area contributed by atoms with Crippen LogP contribution in [0.4, 0.5) is 17.6 Å². The van der Waals surface area contributed by atoms with Gasteiger partial charge < -0.3 is 0 Å². The van der Waals surface area contributed by atoms with Crippen LogP contribution in [-0.4, -0.2) is 5.78 Å². The number of alkyl halides is 3. The molecule has 0 saturated carbocycles. The molecule has 0 saturated heterocycles. The zero-order chi connectivity index (χ0) is 15.8. The molecule has 2 rings (SSSR count). The predicted molar refractivity (Wildman–Crippen MR) is 74.0 cm³/mol. The van der Waals surface area contributed by atoms with Crippen molar-refractivity contribution in [3.05, 3.63) is 68.4 Å². The lowest BCUT2D eigenvalue weighted by Gasteiger charge is -2.08. The van der Waals surface area contributed by atoms with Crippen LogP contribution in [0.15, 0.2) is 40.9 Å². The molecule has 7 heteroatoms. The number of carbonyl (C=O) groups is 1. The summed E-state index contributed by atoms with van der Waals surface area (Å²) < 4.78 is 51.3. The molecule has 110 valence electrons. The monoisotopic (exact) mass is 380 g/mol. The maximum Gasteiger partial charge on any atom is 0.416 e. The van der Waals surface area contributed by atoms with Crippen LogP contribution in [0.25, 0.3) is 0 Å². The lowest BCUT2D eigenvalue weighted by atomic mass is 10.0. The molecule has 1 nitrogen and oxygen atoms in total. The summed E-state index contributed by atoms with van der Waals surface area (Å²) in [5.41, 5.74) is -1.24. The average molecular weight is 382 g/mol. The minimum atomic E-state index is -4.49. The first-order valence-corrected chi connectivity index (χ1v) is 6.74. The number of hydrogen-bond acceptors (Lipinski definition) is 1. The van der Waals surface area contributed by atoms with Gasteiger partial charge in [0.15, 0.2) is 5.78 Å². The molecule has 0 radical (unpaired) electrons. The minimum absolute atomic E-state index is 0.0553. The van der Waals surface area contributed by atoms with E-state index in [0.717, 1.165) is 36.4 Å². The Balaban J connectivity index is 2.39. The lowest BCUT2D eigenvalue weighted by Crippen LogP contribution is -2.08. The standard InChI is InChI=1S/C14H6BrClF4O/c15-10-6-12(17)9(5-11(10)16)13(21)7-1-3-8(4-2-7)14(18,19)20/h1-6H. The highest BCUT2D eigenvalue weighted by molar-refractivity contribution is 9.10. The molecule has 0 amide bonds. The smallest absolute Gasteiger partial charge is 0.288 e. The van der Waals surface area contributed by atoms with Crippen molar-refractivity contribution in [2.24, 2.45) is 0 Å². The van der Waals surface area contributed by atoms with Crippen LogP contribution in [0.2, 0.25) is 5.02 Å². The molecule has 0 aliphatic carbocycles. The van der Waals surface area contributed by atoms with Gasteiger partial charge in [0.25, 0.3) is 0 Å². The van der Waals surface area contributed by atoms with Crippen molar-refractivity contribution in [3.63, 3.8) is 0 Å². The summed E-state index contributed by atoms with van der Waals surface area (Å²) in [7, 11) is 0. The van der Waals surface area contributed by atoms with E-state index in [4.69, 9.17) is 11.6 Å². The molecule has 0 bridgehead atoms. The fraction of sp³-hybridized carbons (Fsp3) is 0.0714. The van der Waals surface area contributed by atoms with Gasteiger partial charge in [-0.3, -0.25) is 4.79 Å². The van der Waals surface area contributed by atoms with Gasteiger partial charge >= 0.3 is 6.18 Å². The van der Waals surface area contributed by atoms with Crippen LogP contribution in [-0.2, 0) is 6.18 Å². The van der Waals surface area contributed by atoms with Gasteiger partial charge in [0, 0.05) is 10.0 Å². The van der Waals surface area contributed by atoms with E-state index in [2.05, 4.69) is 15.9 Å². The number of hydrogen-bond donors (Lipinski definition) is 0. The van der Waals surface area contributed by atoms with E-state index in [0.29, 0.717) is 0 Å². The summed E-state index contributed by atoms with van der Waals surface area (Å²) in [5, 5.41) is 0.131. The second-order valence-corrected chi connectivity index (χ2v) is 5.41. The van der Waals surface area contributed by atoms with Crippen molar-refractivity contribution in [1.29, 1.82) is 0 Å². The number of carbonyl (C=O) groups excluding carboxylic acids is 1. The van der Waals surface area contributed by atoms with E-state index in [9.17, 15) is 22.4 Å². The van der Waals surface area contributed by atoms with Crippen LogP contribution in [0.3, 0.4) is 0 Å². The van der Waals surface area contributed by atoms with Crippen molar-refractivity contribution in [2.45, 2.75) is 6.18 Å². The molecule has 0 atom stereocenters. The van der Waals surface area contributed by atoms with Crippen molar-refractivity contribution >= 4 is 33.3 Å². The Morgan fingerprint density at radius 1 is 1.10 bits per heavy atom. The first kappa shape index (κ1) is 16.0. The molecule has 2 aromatic carbocycles. The molecular weight excluding hydrogens is 376 g/mol. The molecule has 0 aliphatic heterocycles. The van der Waals surface area contributed by atoms with Crippen LogP contribution in [0.1, 0.15) is 21.5 Å². The van der Waals surface area contributed by atoms with E-state index in [1.807, 2.05) is 0 Å². The Morgan fingerprint density at radius 3 is 2.19 bits per heavy atom. The number of benzene rings is 2. The number of ketones is 1. The number of halogens is 6. The Hall–Kier alpha value is -1.40. The zero-order valence-corrected chi connectivity index (χ0v) is 12.5. The van der Waals surface area contributed by atoms with E-state index < -0.39 is 23.3 Å². The molecule has 0 fully saturated rings. The highest BCUT2D eigenvalue weighted by Gasteiger charge is 2.30. The Labute approximate surface area is 130 Å². The molecule has 0 N–H and O–H groups in total. The molecular formula is C14H6BrClF4O. The molecule has 2 aromatic rings. The normalized spacial score (nSPS) is 11.5. The first-order valence-electron chi connectivity index (χ1n) is 5.56. The van der Waals surface area contributed by atoms with Crippen molar-refractivity contribution in [1.82, 2.24) is 0 Å². The summed E-state index contributed by atoms with van der Waals surface area (Å²) in [6.45, 7) is 0. The van der Waals surface area contributed by atoms with E-state index in [-0.39, 0.29) is 20.6 Å². The summed E-state index contributed by atoms with van der Waals surface area (Å²) in [4.78, 5) is 12.1. The van der Waals surface area contributed by atoms with Crippen LogP contribution >= 0.6 is 27.5 Å². The Kier molecular flexibility index (Phi) is 4.39. The average Bonchev–Trinajstić information content (AvgIpc) is 2.41. The third-order valence-electron chi connectivity index (χ3n) is 2.73. The Bertz CT molecular complexity index is 695. The second kappa shape index (κ2) is 5.77. The highest BCUT2D eigenvalue weighted by atomic mass is 79.9. The molecule has 21 heavy (non-hydrogen) atoms. The molecule has 0 aromatic heterocycles. The zero-order valence-electron chi connectivity index (χ0n) is 10.1. The van der Waals surface area contributed by atoms with Crippen LogP contribution < -0.4 is 0 Å². The summed E-state index contributed by atoms with van der Waals surface area (Å²) in [5.74, 6) is -1.55. The maximum atomic E-state index is 13.7. The second-order valence-electron chi connectivity index (χ2n) is 4.15.